The van der Waals surface area contributed by atoms with Gasteiger partial charge in [-0.15, -0.1) is 11.3 Å². The van der Waals surface area contributed by atoms with Crippen LogP contribution in [0.1, 0.15) is 29.8 Å². The fourth-order valence-electron chi connectivity index (χ4n) is 3.12. The molecule has 0 aliphatic carbocycles. The Labute approximate surface area is 147 Å². The van der Waals surface area contributed by atoms with Crippen LogP contribution in [-0.4, -0.2) is 52.8 Å². The van der Waals surface area contributed by atoms with E-state index in [0.717, 1.165) is 32.5 Å². The highest BCUT2D eigenvalue weighted by atomic mass is 32.1. The number of hydrogen-bond acceptors (Lipinski definition) is 4. The molecule has 1 aliphatic rings. The van der Waals surface area contributed by atoms with Crippen LogP contribution in [0.3, 0.4) is 0 Å². The van der Waals surface area contributed by atoms with Crippen molar-refractivity contribution in [2.24, 2.45) is 0 Å². The quantitative estimate of drug-likeness (QED) is 0.904. The fourth-order valence-corrected chi connectivity index (χ4v) is 4.04. The van der Waals surface area contributed by atoms with Crippen molar-refractivity contribution in [3.05, 3.63) is 34.2 Å². The zero-order valence-corrected chi connectivity index (χ0v) is 15.3. The molecule has 0 radical (unpaired) electrons. The van der Waals surface area contributed by atoms with Gasteiger partial charge in [0.25, 0.3) is 0 Å². The molecule has 1 atom stereocenters. The molecule has 1 aliphatic heterocycles. The molecular weight excluding hydrogens is 322 g/mol. The summed E-state index contributed by atoms with van der Waals surface area (Å²) in [6, 6.07) is 4.12. The average Bonchev–Trinajstić information content (AvgIpc) is 3.20. The summed E-state index contributed by atoms with van der Waals surface area (Å²) in [5.74, 6) is 0.615. The van der Waals surface area contributed by atoms with Gasteiger partial charge in [0.2, 0.25) is 0 Å². The van der Waals surface area contributed by atoms with E-state index >= 15 is 0 Å². The highest BCUT2D eigenvalue weighted by Crippen LogP contribution is 2.35. The maximum Gasteiger partial charge on any atom is 0.323 e. The second-order valence-electron chi connectivity index (χ2n) is 6.36. The maximum atomic E-state index is 12.7. The van der Waals surface area contributed by atoms with Crippen molar-refractivity contribution in [3.8, 4) is 0 Å². The molecule has 7 heteroatoms. The predicted molar refractivity (Wildman–Crippen MR) is 97.6 cm³/mol. The number of carbonyl (C=O) groups excluding carboxylic acids is 1. The number of carbonyl (C=O) groups is 1. The van der Waals surface area contributed by atoms with Crippen LogP contribution in [0.25, 0.3) is 0 Å². The van der Waals surface area contributed by atoms with E-state index < -0.39 is 0 Å². The Morgan fingerprint density at radius 1 is 1.46 bits per heavy atom. The van der Waals surface area contributed by atoms with E-state index in [4.69, 9.17) is 0 Å². The van der Waals surface area contributed by atoms with Gasteiger partial charge in [-0.3, -0.25) is 10.00 Å². The van der Waals surface area contributed by atoms with Gasteiger partial charge in [0, 0.05) is 30.2 Å². The minimum atomic E-state index is -0.0587. The van der Waals surface area contributed by atoms with Crippen LogP contribution in [0.15, 0.2) is 23.7 Å². The summed E-state index contributed by atoms with van der Waals surface area (Å²) in [6.45, 7) is 4.62. The van der Waals surface area contributed by atoms with Crippen molar-refractivity contribution in [1.29, 1.82) is 0 Å². The lowest BCUT2D eigenvalue weighted by Crippen LogP contribution is -2.41. The molecule has 1 unspecified atom stereocenters. The molecule has 0 spiro atoms. The lowest BCUT2D eigenvalue weighted by molar-refractivity contribution is 0.181. The molecule has 0 bridgehead atoms. The van der Waals surface area contributed by atoms with Gasteiger partial charge in [0.1, 0.15) is 0 Å². The molecule has 3 rings (SSSR count). The Morgan fingerprint density at radius 2 is 2.29 bits per heavy atom. The number of anilines is 1. The summed E-state index contributed by atoms with van der Waals surface area (Å²) >= 11 is 1.80. The number of rotatable bonds is 5. The molecule has 0 saturated carbocycles. The first-order valence-electron chi connectivity index (χ1n) is 8.40. The predicted octanol–water partition coefficient (Wildman–Crippen LogP) is 3.05. The molecule has 6 nitrogen and oxygen atoms in total. The van der Waals surface area contributed by atoms with E-state index in [-0.39, 0.29) is 12.1 Å². The molecule has 3 heterocycles. The number of nitrogens with zero attached hydrogens (tertiary/aromatic N) is 4. The summed E-state index contributed by atoms with van der Waals surface area (Å²) in [5, 5.41) is 9.51. The SMILES string of the molecule is CCC1c2ccsc2CCN1C(=O)Nc1ccn(CCN(C)C)n1. The van der Waals surface area contributed by atoms with Gasteiger partial charge < -0.3 is 9.80 Å². The first-order chi connectivity index (χ1) is 11.6. The van der Waals surface area contributed by atoms with Crippen LogP contribution in [0.5, 0.6) is 0 Å². The van der Waals surface area contributed by atoms with Gasteiger partial charge in [0.05, 0.1) is 12.6 Å². The van der Waals surface area contributed by atoms with Crippen LogP contribution in [0.2, 0.25) is 0 Å². The minimum Gasteiger partial charge on any atom is -0.317 e. The molecule has 2 aromatic heterocycles. The second kappa shape index (κ2) is 7.36. The molecule has 24 heavy (non-hydrogen) atoms. The van der Waals surface area contributed by atoms with Crippen molar-refractivity contribution in [1.82, 2.24) is 19.6 Å². The van der Waals surface area contributed by atoms with Gasteiger partial charge in [-0.25, -0.2) is 4.79 Å². The first-order valence-corrected chi connectivity index (χ1v) is 9.28. The van der Waals surface area contributed by atoms with E-state index in [1.807, 2.05) is 35.9 Å². The lowest BCUT2D eigenvalue weighted by Gasteiger charge is -2.35. The molecular formula is C17H25N5OS. The average molecular weight is 347 g/mol. The van der Waals surface area contributed by atoms with Gasteiger partial charge >= 0.3 is 6.03 Å². The molecule has 0 saturated heterocycles. The maximum absolute atomic E-state index is 12.7. The third kappa shape index (κ3) is 3.62. The fraction of sp³-hybridized carbons (Fsp3) is 0.529. The van der Waals surface area contributed by atoms with Crippen LogP contribution in [0, 0.1) is 0 Å². The summed E-state index contributed by atoms with van der Waals surface area (Å²) < 4.78 is 1.86. The van der Waals surface area contributed by atoms with Gasteiger partial charge in [0.15, 0.2) is 5.82 Å². The zero-order valence-electron chi connectivity index (χ0n) is 14.5. The monoisotopic (exact) mass is 347 g/mol. The number of hydrogen-bond donors (Lipinski definition) is 1. The third-order valence-corrected chi connectivity index (χ3v) is 5.39. The van der Waals surface area contributed by atoms with E-state index in [1.54, 1.807) is 11.3 Å². The molecule has 130 valence electrons. The highest BCUT2D eigenvalue weighted by molar-refractivity contribution is 7.10. The van der Waals surface area contributed by atoms with Crippen LogP contribution < -0.4 is 5.32 Å². The van der Waals surface area contributed by atoms with E-state index in [0.29, 0.717) is 5.82 Å². The van der Waals surface area contributed by atoms with Crippen LogP contribution >= 0.6 is 11.3 Å². The number of aromatic nitrogens is 2. The Bertz CT molecular complexity index is 693. The van der Waals surface area contributed by atoms with Gasteiger partial charge in [-0.05, 0) is 43.9 Å². The number of amides is 2. The lowest BCUT2D eigenvalue weighted by atomic mass is 9.98. The van der Waals surface area contributed by atoms with Crippen molar-refractivity contribution in [3.63, 3.8) is 0 Å². The molecule has 1 N–H and O–H groups in total. The highest BCUT2D eigenvalue weighted by Gasteiger charge is 2.30. The summed E-state index contributed by atoms with van der Waals surface area (Å²) in [4.78, 5) is 18.2. The third-order valence-electron chi connectivity index (χ3n) is 4.39. The van der Waals surface area contributed by atoms with Crippen molar-refractivity contribution in [2.45, 2.75) is 32.4 Å². The number of nitrogens with one attached hydrogen (secondary N) is 1. The number of thiophene rings is 1. The summed E-state index contributed by atoms with van der Waals surface area (Å²) in [5.41, 5.74) is 1.31. The van der Waals surface area contributed by atoms with Crippen molar-refractivity contribution in [2.75, 3.05) is 32.5 Å². The van der Waals surface area contributed by atoms with Crippen LogP contribution in [-0.2, 0) is 13.0 Å². The number of likely N-dealkylation sites (N-methyl/N-ethyl adjacent to an activating group) is 1. The van der Waals surface area contributed by atoms with Crippen LogP contribution in [0.4, 0.5) is 10.6 Å². The van der Waals surface area contributed by atoms with Crippen molar-refractivity contribution >= 4 is 23.2 Å². The molecule has 0 aromatic carbocycles. The first kappa shape index (κ1) is 17.0. The smallest absolute Gasteiger partial charge is 0.317 e. The normalized spacial score (nSPS) is 17.2. The standard InChI is InChI=1S/C17H25N5OS/c1-4-14-13-7-12-24-15(13)5-9-22(14)17(23)18-16-6-8-21(19-16)11-10-20(2)3/h6-8,12,14H,4-5,9-11H2,1-3H3,(H,18,19,23). The Hall–Kier alpha value is -1.86. The number of fused-ring (bicyclic) bond motifs is 1. The van der Waals surface area contributed by atoms with Gasteiger partial charge in [-0.2, -0.15) is 5.10 Å². The second-order valence-corrected chi connectivity index (χ2v) is 7.36. The summed E-state index contributed by atoms with van der Waals surface area (Å²) in [6.07, 6.45) is 3.77. The minimum absolute atomic E-state index is 0.0587. The van der Waals surface area contributed by atoms with E-state index in [9.17, 15) is 4.79 Å². The number of urea groups is 1. The Balaban J connectivity index is 1.65. The van der Waals surface area contributed by atoms with Crippen molar-refractivity contribution < 1.29 is 4.79 Å². The largest absolute Gasteiger partial charge is 0.323 e. The molecule has 2 amide bonds. The summed E-state index contributed by atoms with van der Waals surface area (Å²) in [7, 11) is 4.07. The molecule has 2 aromatic rings. The Morgan fingerprint density at radius 3 is 3.04 bits per heavy atom. The van der Waals surface area contributed by atoms with E-state index in [1.165, 1.54) is 10.4 Å². The Kier molecular flexibility index (Phi) is 5.20. The topological polar surface area (TPSA) is 53.4 Å². The zero-order chi connectivity index (χ0) is 17.1. The molecule has 0 fully saturated rings. The van der Waals surface area contributed by atoms with Gasteiger partial charge in [-0.1, -0.05) is 6.92 Å². The van der Waals surface area contributed by atoms with E-state index in [2.05, 4.69) is 33.7 Å².